The van der Waals surface area contributed by atoms with E-state index < -0.39 is 6.10 Å². The second-order valence-corrected chi connectivity index (χ2v) is 4.45. The number of nitrogens with zero attached hydrogens (tertiary/aromatic N) is 2. The fourth-order valence-electron chi connectivity index (χ4n) is 1.66. The summed E-state index contributed by atoms with van der Waals surface area (Å²) in [5.74, 6) is 1.40. The van der Waals surface area contributed by atoms with Gasteiger partial charge in [0.2, 0.25) is 0 Å². The van der Waals surface area contributed by atoms with Crippen LogP contribution in [0.15, 0.2) is 30.5 Å². The van der Waals surface area contributed by atoms with Gasteiger partial charge in [0.15, 0.2) is 0 Å². The first kappa shape index (κ1) is 12.9. The molecular weight excluding hydrogens is 252 g/mol. The molecule has 1 atom stereocenters. The van der Waals surface area contributed by atoms with E-state index in [1.54, 1.807) is 17.7 Å². The Labute approximate surface area is 111 Å². The molecule has 2 rings (SSSR count). The summed E-state index contributed by atoms with van der Waals surface area (Å²) in [6.07, 6.45) is 1.02. The van der Waals surface area contributed by atoms with Gasteiger partial charge in [-0.05, 0) is 13.0 Å². The number of aromatic nitrogens is 2. The second-order valence-electron chi connectivity index (χ2n) is 4.06. The van der Waals surface area contributed by atoms with Crippen LogP contribution in [0, 0.1) is 0 Å². The van der Waals surface area contributed by atoms with Crippen LogP contribution in [0.25, 0.3) is 0 Å². The lowest BCUT2D eigenvalue weighted by Gasteiger charge is -2.13. The van der Waals surface area contributed by atoms with Gasteiger partial charge in [-0.1, -0.05) is 29.8 Å². The summed E-state index contributed by atoms with van der Waals surface area (Å²) in [4.78, 5) is 4.15. The van der Waals surface area contributed by atoms with Crippen molar-refractivity contribution in [1.29, 1.82) is 0 Å². The van der Waals surface area contributed by atoms with E-state index in [0.29, 0.717) is 17.5 Å². The van der Waals surface area contributed by atoms with E-state index in [1.165, 1.54) is 0 Å². The maximum Gasteiger partial charge on any atom is 0.147 e. The minimum Gasteiger partial charge on any atom is -0.485 e. The molecule has 18 heavy (non-hydrogen) atoms. The Bertz CT molecular complexity index is 538. The van der Waals surface area contributed by atoms with Crippen molar-refractivity contribution in [2.45, 2.75) is 19.6 Å². The maximum absolute atomic E-state index is 9.64. The number of aliphatic hydroxyl groups excluding tert-OH is 1. The van der Waals surface area contributed by atoms with Crippen LogP contribution in [0.2, 0.25) is 5.15 Å². The van der Waals surface area contributed by atoms with Crippen LogP contribution in [0.3, 0.4) is 0 Å². The number of ether oxygens (including phenoxy) is 1. The molecule has 0 radical (unpaired) electrons. The lowest BCUT2D eigenvalue weighted by molar-refractivity contribution is 0.189. The molecular formula is C13H15ClN2O2. The number of hydrogen-bond acceptors (Lipinski definition) is 3. The van der Waals surface area contributed by atoms with Crippen LogP contribution in [-0.2, 0) is 13.7 Å². The molecule has 1 heterocycles. The molecule has 1 aromatic heterocycles. The second kappa shape index (κ2) is 5.42. The smallest absolute Gasteiger partial charge is 0.147 e. The zero-order chi connectivity index (χ0) is 13.1. The third-order valence-electron chi connectivity index (χ3n) is 2.75. The molecule has 0 saturated heterocycles. The Morgan fingerprint density at radius 2 is 2.17 bits per heavy atom. The molecule has 2 aromatic rings. The van der Waals surface area contributed by atoms with Gasteiger partial charge in [0, 0.05) is 12.6 Å². The number of imidazole rings is 1. The summed E-state index contributed by atoms with van der Waals surface area (Å²) in [7, 11) is 1.83. The first-order chi connectivity index (χ1) is 8.59. The van der Waals surface area contributed by atoms with E-state index >= 15 is 0 Å². The monoisotopic (exact) mass is 266 g/mol. The van der Waals surface area contributed by atoms with Gasteiger partial charge >= 0.3 is 0 Å². The molecule has 0 bridgehead atoms. The van der Waals surface area contributed by atoms with Gasteiger partial charge in [0.25, 0.3) is 0 Å². The number of benzene rings is 1. The molecule has 5 heteroatoms. The van der Waals surface area contributed by atoms with Gasteiger partial charge in [-0.15, -0.1) is 0 Å². The highest BCUT2D eigenvalue weighted by atomic mass is 35.5. The number of para-hydroxylation sites is 1. The average molecular weight is 267 g/mol. The van der Waals surface area contributed by atoms with Crippen LogP contribution < -0.4 is 4.74 Å². The molecule has 1 aromatic carbocycles. The van der Waals surface area contributed by atoms with Crippen LogP contribution in [0.4, 0.5) is 0 Å². The van der Waals surface area contributed by atoms with E-state index in [4.69, 9.17) is 16.3 Å². The van der Waals surface area contributed by atoms with Crippen molar-refractivity contribution >= 4 is 11.6 Å². The van der Waals surface area contributed by atoms with Gasteiger partial charge in [-0.25, -0.2) is 4.98 Å². The zero-order valence-corrected chi connectivity index (χ0v) is 11.1. The Morgan fingerprint density at radius 3 is 2.78 bits per heavy atom. The average Bonchev–Trinajstić information content (AvgIpc) is 2.68. The van der Waals surface area contributed by atoms with Crippen molar-refractivity contribution in [2.24, 2.45) is 7.05 Å². The van der Waals surface area contributed by atoms with Gasteiger partial charge in [0.1, 0.15) is 23.3 Å². The summed E-state index contributed by atoms with van der Waals surface area (Å²) in [5, 5.41) is 10.2. The molecule has 0 fully saturated rings. The Kier molecular flexibility index (Phi) is 3.89. The minimum absolute atomic E-state index is 0.312. The van der Waals surface area contributed by atoms with Crippen LogP contribution in [-0.4, -0.2) is 14.7 Å². The molecule has 0 amide bonds. The van der Waals surface area contributed by atoms with Gasteiger partial charge in [-0.3, -0.25) is 0 Å². The molecule has 0 aliphatic carbocycles. The highest BCUT2D eigenvalue weighted by Gasteiger charge is 2.10. The van der Waals surface area contributed by atoms with Crippen molar-refractivity contribution in [3.05, 3.63) is 47.0 Å². The van der Waals surface area contributed by atoms with Crippen molar-refractivity contribution in [2.75, 3.05) is 0 Å². The van der Waals surface area contributed by atoms with Gasteiger partial charge in [-0.2, -0.15) is 0 Å². The predicted octanol–water partition coefficient (Wildman–Crippen LogP) is 2.71. The number of aliphatic hydroxyl groups is 1. The fraction of sp³-hybridized carbons (Fsp3) is 0.308. The Morgan fingerprint density at radius 1 is 1.44 bits per heavy atom. The quantitative estimate of drug-likeness (QED) is 0.926. The Balaban J connectivity index is 2.13. The van der Waals surface area contributed by atoms with Crippen LogP contribution in [0.5, 0.6) is 5.75 Å². The highest BCUT2D eigenvalue weighted by molar-refractivity contribution is 6.29. The van der Waals surface area contributed by atoms with Crippen molar-refractivity contribution in [1.82, 2.24) is 9.55 Å². The molecule has 1 N–H and O–H groups in total. The van der Waals surface area contributed by atoms with E-state index in [2.05, 4.69) is 4.98 Å². The summed E-state index contributed by atoms with van der Waals surface area (Å²) in [6.45, 7) is 2.02. The van der Waals surface area contributed by atoms with E-state index in [1.807, 2.05) is 31.3 Å². The number of rotatable bonds is 4. The summed E-state index contributed by atoms with van der Waals surface area (Å²) >= 11 is 5.90. The van der Waals surface area contributed by atoms with E-state index in [-0.39, 0.29) is 0 Å². The molecule has 0 aliphatic heterocycles. The van der Waals surface area contributed by atoms with Crippen molar-refractivity contribution < 1.29 is 9.84 Å². The fourth-order valence-corrected chi connectivity index (χ4v) is 1.80. The van der Waals surface area contributed by atoms with Crippen molar-refractivity contribution in [3.8, 4) is 5.75 Å². The number of halogens is 1. The number of hydrogen-bond donors (Lipinski definition) is 1. The molecule has 0 aliphatic rings. The van der Waals surface area contributed by atoms with E-state index in [9.17, 15) is 5.11 Å². The topological polar surface area (TPSA) is 47.3 Å². The predicted molar refractivity (Wildman–Crippen MR) is 69.6 cm³/mol. The normalized spacial score (nSPS) is 12.4. The maximum atomic E-state index is 9.64. The summed E-state index contributed by atoms with van der Waals surface area (Å²) in [5.41, 5.74) is 0.762. The van der Waals surface area contributed by atoms with Crippen molar-refractivity contribution in [3.63, 3.8) is 0 Å². The first-order valence-corrected chi connectivity index (χ1v) is 6.03. The van der Waals surface area contributed by atoms with Gasteiger partial charge in [0.05, 0.1) is 12.3 Å². The molecule has 0 spiro atoms. The molecule has 96 valence electrons. The Hall–Kier alpha value is -1.52. The van der Waals surface area contributed by atoms with Crippen LogP contribution >= 0.6 is 11.6 Å². The van der Waals surface area contributed by atoms with E-state index in [0.717, 1.165) is 11.4 Å². The standard InChI is InChI=1S/C13H15ClN2O2/c1-9(17)10-5-3-4-6-11(10)18-8-13-15-7-12(14)16(13)2/h3-7,9,17H,8H2,1-2H3/t9-/m0/s1. The van der Waals surface area contributed by atoms with Gasteiger partial charge < -0.3 is 14.4 Å². The largest absolute Gasteiger partial charge is 0.485 e. The SMILES string of the molecule is C[C@H](O)c1ccccc1OCc1ncc(Cl)n1C. The molecule has 0 unspecified atom stereocenters. The first-order valence-electron chi connectivity index (χ1n) is 5.65. The third-order valence-corrected chi connectivity index (χ3v) is 3.10. The lowest BCUT2D eigenvalue weighted by Crippen LogP contribution is -2.05. The highest BCUT2D eigenvalue weighted by Crippen LogP contribution is 2.25. The molecule has 0 saturated carbocycles. The minimum atomic E-state index is -0.564. The summed E-state index contributed by atoms with van der Waals surface area (Å²) in [6, 6.07) is 7.40. The third kappa shape index (κ3) is 2.66. The molecule has 4 nitrogen and oxygen atoms in total. The summed E-state index contributed by atoms with van der Waals surface area (Å²) < 4.78 is 7.43. The van der Waals surface area contributed by atoms with Crippen LogP contribution in [0.1, 0.15) is 24.4 Å². The zero-order valence-electron chi connectivity index (χ0n) is 10.3. The lowest BCUT2D eigenvalue weighted by atomic mass is 10.1.